The molecule has 1 aromatic heterocycles. The third-order valence-electron chi connectivity index (χ3n) is 3.60. The molecule has 0 unspecified atom stereocenters. The molecule has 0 aliphatic heterocycles. The largest absolute Gasteiger partial charge is 0.373 e. The summed E-state index contributed by atoms with van der Waals surface area (Å²) in [5.74, 6) is 1.71. The summed E-state index contributed by atoms with van der Waals surface area (Å²) in [6.07, 6.45) is 4.53. The van der Waals surface area contributed by atoms with Crippen molar-refractivity contribution < 1.29 is 0 Å². The van der Waals surface area contributed by atoms with Crippen LogP contribution in [-0.2, 0) is 12.8 Å². The van der Waals surface area contributed by atoms with E-state index in [1.165, 1.54) is 24.1 Å². The summed E-state index contributed by atoms with van der Waals surface area (Å²) in [5, 5.41) is 3.90. The Balaban J connectivity index is 2.11. The molecule has 1 aliphatic carbocycles. The van der Waals surface area contributed by atoms with Gasteiger partial charge < -0.3 is 5.32 Å². The SMILES string of the molecule is CNc1nc(-c2ccc(Cl)c(Br)c2)nc2c1CCCC2. The Labute approximate surface area is 131 Å². The monoisotopic (exact) mass is 351 g/mol. The molecule has 0 radical (unpaired) electrons. The summed E-state index contributed by atoms with van der Waals surface area (Å²) in [6.45, 7) is 0. The Bertz CT molecular complexity index is 641. The van der Waals surface area contributed by atoms with E-state index in [9.17, 15) is 0 Å². The van der Waals surface area contributed by atoms with Gasteiger partial charge in [0.25, 0.3) is 0 Å². The van der Waals surface area contributed by atoms with Gasteiger partial charge in [-0.15, -0.1) is 0 Å². The molecule has 0 spiro atoms. The van der Waals surface area contributed by atoms with Gasteiger partial charge in [0.2, 0.25) is 0 Å². The van der Waals surface area contributed by atoms with Crippen LogP contribution in [0, 0.1) is 0 Å². The summed E-state index contributed by atoms with van der Waals surface area (Å²) >= 11 is 9.49. The average Bonchev–Trinajstić information content (AvgIpc) is 2.49. The minimum Gasteiger partial charge on any atom is -0.373 e. The van der Waals surface area contributed by atoms with Crippen LogP contribution in [-0.4, -0.2) is 17.0 Å². The molecule has 2 aromatic rings. The van der Waals surface area contributed by atoms with Gasteiger partial charge in [-0.2, -0.15) is 0 Å². The summed E-state index contributed by atoms with van der Waals surface area (Å²) < 4.78 is 0.865. The fourth-order valence-electron chi connectivity index (χ4n) is 2.57. The first-order valence-corrected chi connectivity index (χ1v) is 7.89. The molecule has 20 heavy (non-hydrogen) atoms. The summed E-state index contributed by atoms with van der Waals surface area (Å²) in [6, 6.07) is 5.78. The molecule has 0 atom stereocenters. The maximum Gasteiger partial charge on any atom is 0.161 e. The standard InChI is InChI=1S/C15H15BrClN3/c1-18-15-10-4-2-3-5-13(10)19-14(20-15)9-6-7-12(17)11(16)8-9/h6-8H,2-5H2,1H3,(H,18,19,20). The van der Waals surface area contributed by atoms with Gasteiger partial charge in [0.1, 0.15) is 5.82 Å². The molecule has 1 aliphatic rings. The van der Waals surface area contributed by atoms with Gasteiger partial charge in [-0.25, -0.2) is 9.97 Å². The second kappa shape index (κ2) is 5.70. The minimum atomic E-state index is 0.695. The van der Waals surface area contributed by atoms with Crippen LogP contribution in [0.5, 0.6) is 0 Å². The van der Waals surface area contributed by atoms with Gasteiger partial charge in [-0.05, 0) is 59.8 Å². The lowest BCUT2D eigenvalue weighted by Crippen LogP contribution is -2.11. The number of rotatable bonds is 2. The first kappa shape index (κ1) is 13.8. The van der Waals surface area contributed by atoms with Gasteiger partial charge in [-0.3, -0.25) is 0 Å². The predicted octanol–water partition coefficient (Wildman–Crippen LogP) is 4.48. The molecule has 0 saturated heterocycles. The molecule has 0 bridgehead atoms. The van der Waals surface area contributed by atoms with E-state index in [0.717, 1.165) is 34.5 Å². The predicted molar refractivity (Wildman–Crippen MR) is 86.4 cm³/mol. The van der Waals surface area contributed by atoms with Gasteiger partial charge in [0, 0.05) is 28.3 Å². The highest BCUT2D eigenvalue weighted by atomic mass is 79.9. The average molecular weight is 353 g/mol. The van der Waals surface area contributed by atoms with Crippen molar-refractivity contribution in [3.05, 3.63) is 39.0 Å². The van der Waals surface area contributed by atoms with E-state index < -0.39 is 0 Å². The Morgan fingerprint density at radius 3 is 2.75 bits per heavy atom. The maximum absolute atomic E-state index is 6.04. The third kappa shape index (κ3) is 2.54. The smallest absolute Gasteiger partial charge is 0.161 e. The van der Waals surface area contributed by atoms with Crippen molar-refractivity contribution in [1.29, 1.82) is 0 Å². The van der Waals surface area contributed by atoms with Crippen molar-refractivity contribution in [3.63, 3.8) is 0 Å². The Kier molecular flexibility index (Phi) is 3.94. The lowest BCUT2D eigenvalue weighted by atomic mass is 9.96. The molecular formula is C15H15BrClN3. The molecule has 1 N–H and O–H groups in total. The molecule has 0 saturated carbocycles. The number of hydrogen-bond donors (Lipinski definition) is 1. The van der Waals surface area contributed by atoms with Crippen molar-refractivity contribution in [1.82, 2.24) is 9.97 Å². The molecule has 1 aromatic carbocycles. The van der Waals surface area contributed by atoms with Crippen LogP contribution >= 0.6 is 27.5 Å². The first-order chi connectivity index (χ1) is 9.69. The van der Waals surface area contributed by atoms with Crippen molar-refractivity contribution >= 4 is 33.3 Å². The Morgan fingerprint density at radius 1 is 1.20 bits per heavy atom. The van der Waals surface area contributed by atoms with Crippen LogP contribution < -0.4 is 5.32 Å². The van der Waals surface area contributed by atoms with Crippen LogP contribution in [0.3, 0.4) is 0 Å². The van der Waals surface area contributed by atoms with E-state index >= 15 is 0 Å². The topological polar surface area (TPSA) is 37.8 Å². The van der Waals surface area contributed by atoms with Gasteiger partial charge in [0.05, 0.1) is 5.02 Å². The van der Waals surface area contributed by atoms with E-state index in [-0.39, 0.29) is 0 Å². The van der Waals surface area contributed by atoms with E-state index in [1.54, 1.807) is 0 Å². The van der Waals surface area contributed by atoms with Crippen LogP contribution in [0.1, 0.15) is 24.1 Å². The van der Waals surface area contributed by atoms with Gasteiger partial charge in [0.15, 0.2) is 5.82 Å². The quantitative estimate of drug-likeness (QED) is 0.866. The highest BCUT2D eigenvalue weighted by molar-refractivity contribution is 9.10. The van der Waals surface area contributed by atoms with Crippen LogP contribution in [0.25, 0.3) is 11.4 Å². The van der Waals surface area contributed by atoms with E-state index in [2.05, 4.69) is 26.2 Å². The summed E-state index contributed by atoms with van der Waals surface area (Å²) in [7, 11) is 1.92. The van der Waals surface area contributed by atoms with Crippen molar-refractivity contribution in [2.45, 2.75) is 25.7 Å². The number of nitrogens with zero attached hydrogens (tertiary/aromatic N) is 2. The molecule has 1 heterocycles. The molecular weight excluding hydrogens is 338 g/mol. The van der Waals surface area contributed by atoms with Crippen LogP contribution in [0.4, 0.5) is 5.82 Å². The number of nitrogens with one attached hydrogen (secondary N) is 1. The lowest BCUT2D eigenvalue weighted by molar-refractivity contribution is 0.665. The lowest BCUT2D eigenvalue weighted by Gasteiger charge is -2.19. The van der Waals surface area contributed by atoms with Crippen molar-refractivity contribution in [2.24, 2.45) is 0 Å². The zero-order chi connectivity index (χ0) is 14.1. The van der Waals surface area contributed by atoms with E-state index in [0.29, 0.717) is 5.02 Å². The van der Waals surface area contributed by atoms with E-state index in [4.69, 9.17) is 16.6 Å². The number of anilines is 1. The second-order valence-electron chi connectivity index (χ2n) is 4.91. The molecule has 5 heteroatoms. The molecule has 3 rings (SSSR count). The first-order valence-electron chi connectivity index (χ1n) is 6.72. The van der Waals surface area contributed by atoms with Gasteiger partial charge in [-0.1, -0.05) is 11.6 Å². The molecule has 0 amide bonds. The van der Waals surface area contributed by atoms with Crippen LogP contribution in [0.15, 0.2) is 22.7 Å². The van der Waals surface area contributed by atoms with Crippen molar-refractivity contribution in [2.75, 3.05) is 12.4 Å². The fourth-order valence-corrected chi connectivity index (χ4v) is 3.06. The number of aryl methyl sites for hydroxylation is 1. The Hall–Kier alpha value is -1.13. The highest BCUT2D eigenvalue weighted by Crippen LogP contribution is 2.31. The maximum atomic E-state index is 6.04. The normalized spacial score (nSPS) is 13.9. The van der Waals surface area contributed by atoms with Gasteiger partial charge >= 0.3 is 0 Å². The van der Waals surface area contributed by atoms with E-state index in [1.807, 2.05) is 25.2 Å². The molecule has 0 fully saturated rings. The summed E-state index contributed by atoms with van der Waals surface area (Å²) in [5.41, 5.74) is 3.43. The summed E-state index contributed by atoms with van der Waals surface area (Å²) in [4.78, 5) is 9.41. The highest BCUT2D eigenvalue weighted by Gasteiger charge is 2.18. The fraction of sp³-hybridized carbons (Fsp3) is 0.333. The number of benzene rings is 1. The Morgan fingerprint density at radius 2 is 2.00 bits per heavy atom. The number of halogens is 2. The zero-order valence-electron chi connectivity index (χ0n) is 11.2. The second-order valence-corrected chi connectivity index (χ2v) is 6.17. The zero-order valence-corrected chi connectivity index (χ0v) is 13.6. The molecule has 104 valence electrons. The number of fused-ring (bicyclic) bond motifs is 1. The van der Waals surface area contributed by atoms with Crippen molar-refractivity contribution in [3.8, 4) is 11.4 Å². The van der Waals surface area contributed by atoms with Crippen LogP contribution in [0.2, 0.25) is 5.02 Å². The third-order valence-corrected chi connectivity index (χ3v) is 4.81. The minimum absolute atomic E-state index is 0.695. The molecule has 3 nitrogen and oxygen atoms in total. The number of hydrogen-bond acceptors (Lipinski definition) is 3. The number of aromatic nitrogens is 2.